The zero-order chi connectivity index (χ0) is 16.4. The van der Waals surface area contributed by atoms with E-state index >= 15 is 0 Å². The lowest BCUT2D eigenvalue weighted by molar-refractivity contribution is 0.414. The zero-order valence-corrected chi connectivity index (χ0v) is 14.3. The van der Waals surface area contributed by atoms with Crippen LogP contribution in [0, 0.1) is 13.8 Å². The summed E-state index contributed by atoms with van der Waals surface area (Å²) in [5.74, 6) is 0.897. The predicted octanol–water partition coefficient (Wildman–Crippen LogP) is 4.75. The van der Waals surface area contributed by atoms with Gasteiger partial charge in [-0.15, -0.1) is 0 Å². The van der Waals surface area contributed by atoms with Gasteiger partial charge in [0.15, 0.2) is 0 Å². The molecule has 0 aliphatic rings. The van der Waals surface area contributed by atoms with Gasteiger partial charge in [0.25, 0.3) is 0 Å². The van der Waals surface area contributed by atoms with Crippen LogP contribution in [0.3, 0.4) is 0 Å². The van der Waals surface area contributed by atoms with Crippen molar-refractivity contribution in [1.29, 1.82) is 0 Å². The van der Waals surface area contributed by atoms with Crippen LogP contribution in [-0.2, 0) is 6.54 Å². The van der Waals surface area contributed by atoms with Crippen LogP contribution in [0.5, 0.6) is 5.75 Å². The molecule has 3 nitrogen and oxygen atoms in total. The third kappa shape index (κ3) is 2.91. The third-order valence-electron chi connectivity index (χ3n) is 4.52. The Balaban J connectivity index is 2.01. The molecule has 0 atom stereocenters. The molecule has 0 unspecified atom stereocenters. The van der Waals surface area contributed by atoms with Gasteiger partial charge in [-0.25, -0.2) is 0 Å². The van der Waals surface area contributed by atoms with Crippen LogP contribution in [0.2, 0.25) is 0 Å². The Morgan fingerprint density at radius 2 is 1.78 bits per heavy atom. The number of methoxy groups -OCH3 is 1. The van der Waals surface area contributed by atoms with E-state index in [0.717, 1.165) is 18.8 Å². The van der Waals surface area contributed by atoms with E-state index in [4.69, 9.17) is 4.74 Å². The van der Waals surface area contributed by atoms with E-state index in [0.29, 0.717) is 0 Å². The lowest BCUT2D eigenvalue weighted by Gasteiger charge is -2.10. The van der Waals surface area contributed by atoms with Crippen molar-refractivity contribution in [3.8, 4) is 5.75 Å². The molecule has 3 aromatic rings. The Morgan fingerprint density at radius 1 is 1.04 bits per heavy atom. The molecule has 0 saturated carbocycles. The van der Waals surface area contributed by atoms with Gasteiger partial charge >= 0.3 is 0 Å². The van der Waals surface area contributed by atoms with Crippen molar-refractivity contribution in [1.82, 2.24) is 4.57 Å². The van der Waals surface area contributed by atoms with Gasteiger partial charge in [0.1, 0.15) is 5.75 Å². The summed E-state index contributed by atoms with van der Waals surface area (Å²) in [6.45, 7) is 8.34. The predicted molar refractivity (Wildman–Crippen MR) is 97.7 cm³/mol. The van der Waals surface area contributed by atoms with Crippen LogP contribution in [-0.4, -0.2) is 18.2 Å². The second-order valence-corrected chi connectivity index (χ2v) is 5.91. The van der Waals surface area contributed by atoms with E-state index in [2.05, 4.69) is 61.0 Å². The maximum atomic E-state index is 5.24. The molecule has 3 heteroatoms. The molecule has 23 heavy (non-hydrogen) atoms. The first-order valence-corrected chi connectivity index (χ1v) is 8.10. The second kappa shape index (κ2) is 6.37. The van der Waals surface area contributed by atoms with Crippen molar-refractivity contribution >= 4 is 16.6 Å². The molecule has 120 valence electrons. The molecule has 0 bridgehead atoms. The van der Waals surface area contributed by atoms with Crippen molar-refractivity contribution in [2.75, 3.05) is 19.0 Å². The van der Waals surface area contributed by atoms with Crippen LogP contribution < -0.4 is 10.1 Å². The maximum Gasteiger partial charge on any atom is 0.118 e. The molecule has 0 saturated heterocycles. The van der Waals surface area contributed by atoms with Gasteiger partial charge in [-0.2, -0.15) is 0 Å². The van der Waals surface area contributed by atoms with Crippen molar-refractivity contribution in [2.45, 2.75) is 27.3 Å². The molecule has 1 N–H and O–H groups in total. The number of fused-ring (bicyclic) bond motifs is 1. The normalized spacial score (nSPS) is 11.0. The van der Waals surface area contributed by atoms with Crippen LogP contribution in [0.25, 0.3) is 10.9 Å². The molecule has 0 fully saturated rings. The molecular formula is C20H24N2O. The van der Waals surface area contributed by atoms with Gasteiger partial charge < -0.3 is 14.6 Å². The van der Waals surface area contributed by atoms with Gasteiger partial charge in [0.2, 0.25) is 0 Å². The van der Waals surface area contributed by atoms with Gasteiger partial charge in [0, 0.05) is 35.4 Å². The smallest absolute Gasteiger partial charge is 0.118 e. The fraction of sp³-hybridized carbons (Fsp3) is 0.300. The molecule has 1 aromatic heterocycles. The highest BCUT2D eigenvalue weighted by molar-refractivity contribution is 5.88. The Kier molecular flexibility index (Phi) is 4.28. The number of nitrogens with zero attached hydrogens (tertiary/aromatic N) is 1. The Morgan fingerprint density at radius 3 is 2.43 bits per heavy atom. The summed E-state index contributed by atoms with van der Waals surface area (Å²) in [5.41, 5.74) is 6.43. The topological polar surface area (TPSA) is 26.2 Å². The molecule has 0 spiro atoms. The first-order valence-electron chi connectivity index (χ1n) is 8.10. The first kappa shape index (κ1) is 15.5. The van der Waals surface area contributed by atoms with Crippen molar-refractivity contribution in [3.63, 3.8) is 0 Å². The lowest BCUT2D eigenvalue weighted by Crippen LogP contribution is -2.02. The summed E-state index contributed by atoms with van der Waals surface area (Å²) in [7, 11) is 1.70. The summed E-state index contributed by atoms with van der Waals surface area (Å²) < 4.78 is 7.63. The van der Waals surface area contributed by atoms with E-state index < -0.39 is 0 Å². The monoisotopic (exact) mass is 308 g/mol. The molecule has 0 amide bonds. The van der Waals surface area contributed by atoms with Gasteiger partial charge in [-0.3, -0.25) is 0 Å². The van der Waals surface area contributed by atoms with Crippen molar-refractivity contribution in [3.05, 3.63) is 59.3 Å². The minimum absolute atomic E-state index is 0.876. The number of rotatable bonds is 5. The Bertz CT molecular complexity index is 816. The Labute approximate surface area is 137 Å². The summed E-state index contributed by atoms with van der Waals surface area (Å²) in [6, 6.07) is 14.9. The van der Waals surface area contributed by atoms with Crippen LogP contribution >= 0.6 is 0 Å². The van der Waals surface area contributed by atoms with E-state index in [1.54, 1.807) is 7.11 Å². The van der Waals surface area contributed by atoms with E-state index in [-0.39, 0.29) is 0 Å². The van der Waals surface area contributed by atoms with E-state index in [1.807, 2.05) is 12.1 Å². The summed E-state index contributed by atoms with van der Waals surface area (Å²) >= 11 is 0. The average molecular weight is 308 g/mol. The number of aromatic nitrogens is 1. The van der Waals surface area contributed by atoms with Crippen LogP contribution in [0.1, 0.15) is 23.7 Å². The van der Waals surface area contributed by atoms with Gasteiger partial charge in [0.05, 0.1) is 7.11 Å². The number of hydrogen-bond donors (Lipinski definition) is 1. The highest BCUT2D eigenvalue weighted by Crippen LogP contribution is 2.29. The third-order valence-corrected chi connectivity index (χ3v) is 4.52. The van der Waals surface area contributed by atoms with E-state index in [9.17, 15) is 0 Å². The SMILES string of the molecule is CCNc1ccc2c(c1)c(C)c(C)n2Cc1ccc(OC)cc1. The maximum absolute atomic E-state index is 5.24. The molecule has 0 radical (unpaired) electrons. The molecule has 0 aliphatic carbocycles. The molecule has 1 heterocycles. The van der Waals surface area contributed by atoms with Gasteiger partial charge in [-0.1, -0.05) is 12.1 Å². The summed E-state index contributed by atoms with van der Waals surface area (Å²) in [4.78, 5) is 0. The fourth-order valence-electron chi connectivity index (χ4n) is 3.08. The number of benzene rings is 2. The summed E-state index contributed by atoms with van der Waals surface area (Å²) in [6.07, 6.45) is 0. The quantitative estimate of drug-likeness (QED) is 0.736. The van der Waals surface area contributed by atoms with Crippen LogP contribution in [0.15, 0.2) is 42.5 Å². The molecule has 0 aliphatic heterocycles. The highest BCUT2D eigenvalue weighted by Gasteiger charge is 2.11. The molecule has 2 aromatic carbocycles. The highest BCUT2D eigenvalue weighted by atomic mass is 16.5. The zero-order valence-electron chi connectivity index (χ0n) is 14.3. The summed E-state index contributed by atoms with van der Waals surface area (Å²) in [5, 5.41) is 4.72. The number of hydrogen-bond acceptors (Lipinski definition) is 2. The van der Waals surface area contributed by atoms with Crippen molar-refractivity contribution < 1.29 is 4.74 Å². The molecular weight excluding hydrogens is 284 g/mol. The fourth-order valence-corrected chi connectivity index (χ4v) is 3.08. The lowest BCUT2D eigenvalue weighted by atomic mass is 10.1. The van der Waals surface area contributed by atoms with Gasteiger partial charge in [-0.05, 0) is 62.2 Å². The van der Waals surface area contributed by atoms with E-state index in [1.165, 1.54) is 33.4 Å². The minimum Gasteiger partial charge on any atom is -0.497 e. The van der Waals surface area contributed by atoms with Crippen LogP contribution in [0.4, 0.5) is 5.69 Å². The minimum atomic E-state index is 0.876. The largest absolute Gasteiger partial charge is 0.497 e. The first-order chi connectivity index (χ1) is 11.1. The van der Waals surface area contributed by atoms with Crippen molar-refractivity contribution in [2.24, 2.45) is 0 Å². The number of anilines is 1. The molecule has 3 rings (SSSR count). The number of nitrogens with one attached hydrogen (secondary N) is 1. The average Bonchev–Trinajstić information content (AvgIpc) is 2.81. The standard InChI is InChI=1S/C20H24N2O/c1-5-21-17-8-11-20-19(12-17)14(2)15(3)22(20)13-16-6-9-18(23-4)10-7-16/h6-12,21H,5,13H2,1-4H3. The number of aryl methyl sites for hydroxylation is 1. The second-order valence-electron chi connectivity index (χ2n) is 5.91. The Hall–Kier alpha value is -2.42. The number of ether oxygens (including phenoxy) is 1.